The van der Waals surface area contributed by atoms with Crippen molar-refractivity contribution in [2.45, 2.75) is 27.0 Å². The molecule has 6 heteroatoms. The normalized spacial score (nSPS) is 10.7. The Morgan fingerprint density at radius 2 is 2.14 bits per heavy atom. The lowest BCUT2D eigenvalue weighted by atomic mass is 10.4. The van der Waals surface area contributed by atoms with Crippen molar-refractivity contribution in [1.29, 1.82) is 0 Å². The largest absolute Gasteiger partial charge is 0.464 e. The second kappa shape index (κ2) is 7.08. The van der Waals surface area contributed by atoms with Gasteiger partial charge in [-0.2, -0.15) is 0 Å². The first-order valence-electron chi connectivity index (χ1n) is 6.99. The highest BCUT2D eigenvalue weighted by molar-refractivity contribution is 5.49. The van der Waals surface area contributed by atoms with E-state index in [0.717, 1.165) is 29.7 Å². The second-order valence-electron chi connectivity index (χ2n) is 4.86. The van der Waals surface area contributed by atoms with E-state index in [-0.39, 0.29) is 0 Å². The molecule has 6 nitrogen and oxygen atoms in total. The lowest BCUT2D eigenvalue weighted by molar-refractivity contribution is 0.178. The van der Waals surface area contributed by atoms with Crippen molar-refractivity contribution in [3.63, 3.8) is 0 Å². The quantitative estimate of drug-likeness (QED) is 0.845. The van der Waals surface area contributed by atoms with Gasteiger partial charge in [0.2, 0.25) is 0 Å². The predicted octanol–water partition coefficient (Wildman–Crippen LogP) is 2.59. The Hall–Kier alpha value is -2.08. The fraction of sp³-hybridized carbons (Fsp3) is 0.467. The van der Waals surface area contributed by atoms with Gasteiger partial charge in [-0.1, -0.05) is 0 Å². The van der Waals surface area contributed by atoms with Crippen LogP contribution in [0.25, 0.3) is 0 Å². The molecule has 2 aromatic heterocycles. The fourth-order valence-electron chi connectivity index (χ4n) is 2.03. The molecule has 2 rings (SSSR count). The van der Waals surface area contributed by atoms with Gasteiger partial charge in [0, 0.05) is 26.8 Å². The summed E-state index contributed by atoms with van der Waals surface area (Å²) in [5.74, 6) is 4.12. The number of nitrogens with zero attached hydrogens (tertiary/aromatic N) is 3. The molecule has 2 heterocycles. The smallest absolute Gasteiger partial charge is 0.158 e. The van der Waals surface area contributed by atoms with E-state index in [0.29, 0.717) is 19.0 Å². The van der Waals surface area contributed by atoms with Gasteiger partial charge in [0.25, 0.3) is 0 Å². The number of hydrogen-bond acceptors (Lipinski definition) is 6. The third-order valence-electron chi connectivity index (χ3n) is 2.97. The highest BCUT2D eigenvalue weighted by atomic mass is 16.5. The molecule has 0 spiro atoms. The van der Waals surface area contributed by atoms with Gasteiger partial charge in [0.1, 0.15) is 29.8 Å². The summed E-state index contributed by atoms with van der Waals surface area (Å²) in [4.78, 5) is 11.0. The van der Waals surface area contributed by atoms with Crippen LogP contribution in [-0.4, -0.2) is 30.7 Å². The maximum atomic E-state index is 5.61. The van der Waals surface area contributed by atoms with Crippen LogP contribution in [0.1, 0.15) is 24.3 Å². The van der Waals surface area contributed by atoms with Crippen LogP contribution in [0.4, 0.5) is 11.6 Å². The maximum absolute atomic E-state index is 5.61. The van der Waals surface area contributed by atoms with E-state index in [4.69, 9.17) is 9.15 Å². The number of furan rings is 1. The van der Waals surface area contributed by atoms with Crippen LogP contribution >= 0.6 is 0 Å². The zero-order chi connectivity index (χ0) is 15.2. The first-order valence-corrected chi connectivity index (χ1v) is 6.99. The van der Waals surface area contributed by atoms with Crippen LogP contribution in [0.15, 0.2) is 22.6 Å². The number of ether oxygens (including phenoxy) is 1. The van der Waals surface area contributed by atoms with E-state index in [1.807, 2.05) is 44.0 Å². The van der Waals surface area contributed by atoms with E-state index in [1.54, 1.807) is 7.11 Å². The van der Waals surface area contributed by atoms with Crippen molar-refractivity contribution < 1.29 is 9.15 Å². The molecule has 114 valence electrons. The Morgan fingerprint density at radius 3 is 2.76 bits per heavy atom. The Bertz CT molecular complexity index is 559. The summed E-state index contributed by atoms with van der Waals surface area (Å²) in [5.41, 5.74) is 0. The third kappa shape index (κ3) is 4.19. The molecule has 0 fully saturated rings. The van der Waals surface area contributed by atoms with E-state index < -0.39 is 0 Å². The van der Waals surface area contributed by atoms with Crippen LogP contribution in [-0.2, 0) is 17.9 Å². The minimum Gasteiger partial charge on any atom is -0.464 e. The van der Waals surface area contributed by atoms with Crippen LogP contribution in [0.3, 0.4) is 0 Å². The summed E-state index contributed by atoms with van der Waals surface area (Å²) in [6, 6.07) is 5.87. The molecule has 0 amide bonds. The van der Waals surface area contributed by atoms with Crippen molar-refractivity contribution in [2.24, 2.45) is 0 Å². The Morgan fingerprint density at radius 1 is 1.33 bits per heavy atom. The van der Waals surface area contributed by atoms with Gasteiger partial charge in [-0.3, -0.25) is 0 Å². The molecule has 1 N–H and O–H groups in total. The fourth-order valence-corrected chi connectivity index (χ4v) is 2.03. The first kappa shape index (κ1) is 15.3. The number of hydrogen-bond donors (Lipinski definition) is 1. The molecule has 21 heavy (non-hydrogen) atoms. The molecule has 0 bridgehead atoms. The SMILES string of the molecule is CCNc1cc(N(C)Cc2ccc(C)o2)nc(COC)n1. The molecule has 0 saturated heterocycles. The van der Waals surface area contributed by atoms with Crippen LogP contribution in [0.2, 0.25) is 0 Å². The summed E-state index contributed by atoms with van der Waals surface area (Å²) in [7, 11) is 3.62. The number of methoxy groups -OCH3 is 1. The third-order valence-corrected chi connectivity index (χ3v) is 2.97. The second-order valence-corrected chi connectivity index (χ2v) is 4.86. The number of nitrogens with one attached hydrogen (secondary N) is 1. The first-order chi connectivity index (χ1) is 10.1. The molecular weight excluding hydrogens is 268 g/mol. The molecular formula is C15H22N4O2. The Balaban J connectivity index is 2.19. The van der Waals surface area contributed by atoms with E-state index in [9.17, 15) is 0 Å². The number of rotatable bonds is 7. The van der Waals surface area contributed by atoms with Crippen molar-refractivity contribution in [3.05, 3.63) is 35.5 Å². The average molecular weight is 290 g/mol. The standard InChI is InChI=1S/C15H22N4O2/c1-5-16-13-8-15(18-14(17-13)10-20-4)19(3)9-12-7-6-11(2)21-12/h6-8H,5,9-10H2,1-4H3,(H,16,17,18). The van der Waals surface area contributed by atoms with Gasteiger partial charge in [-0.25, -0.2) is 9.97 Å². The lowest BCUT2D eigenvalue weighted by Crippen LogP contribution is -2.19. The highest BCUT2D eigenvalue weighted by Gasteiger charge is 2.10. The Labute approximate surface area is 125 Å². The topological polar surface area (TPSA) is 63.4 Å². The molecule has 0 aliphatic carbocycles. The lowest BCUT2D eigenvalue weighted by Gasteiger charge is -2.18. The molecule has 0 atom stereocenters. The van der Waals surface area contributed by atoms with Gasteiger partial charge >= 0.3 is 0 Å². The summed E-state index contributed by atoms with van der Waals surface area (Å²) in [6.45, 7) is 5.83. The van der Waals surface area contributed by atoms with Crippen LogP contribution in [0, 0.1) is 6.92 Å². The maximum Gasteiger partial charge on any atom is 0.158 e. The number of anilines is 2. The molecule has 0 radical (unpaired) electrons. The minimum absolute atomic E-state index is 0.389. The van der Waals surface area contributed by atoms with E-state index in [2.05, 4.69) is 15.3 Å². The number of aryl methyl sites for hydroxylation is 1. The van der Waals surface area contributed by atoms with Crippen molar-refractivity contribution in [2.75, 3.05) is 30.9 Å². The molecule has 0 aliphatic heterocycles. The zero-order valence-electron chi connectivity index (χ0n) is 13.0. The molecule has 0 unspecified atom stereocenters. The minimum atomic E-state index is 0.389. The molecule has 0 saturated carbocycles. The number of aromatic nitrogens is 2. The van der Waals surface area contributed by atoms with Crippen LogP contribution in [0.5, 0.6) is 0 Å². The summed E-state index contributed by atoms with van der Waals surface area (Å²) in [6.07, 6.45) is 0. The van der Waals surface area contributed by atoms with E-state index >= 15 is 0 Å². The van der Waals surface area contributed by atoms with Gasteiger partial charge in [-0.15, -0.1) is 0 Å². The summed E-state index contributed by atoms with van der Waals surface area (Å²) in [5, 5.41) is 3.21. The van der Waals surface area contributed by atoms with E-state index in [1.165, 1.54) is 0 Å². The van der Waals surface area contributed by atoms with Gasteiger partial charge < -0.3 is 19.4 Å². The molecule has 0 aromatic carbocycles. The summed E-state index contributed by atoms with van der Waals surface area (Å²) >= 11 is 0. The monoisotopic (exact) mass is 290 g/mol. The van der Waals surface area contributed by atoms with Crippen molar-refractivity contribution >= 4 is 11.6 Å². The van der Waals surface area contributed by atoms with Crippen molar-refractivity contribution in [3.8, 4) is 0 Å². The van der Waals surface area contributed by atoms with Gasteiger partial charge in [0.05, 0.1) is 6.54 Å². The molecule has 0 aliphatic rings. The van der Waals surface area contributed by atoms with Gasteiger partial charge in [-0.05, 0) is 26.0 Å². The predicted molar refractivity (Wildman–Crippen MR) is 82.5 cm³/mol. The van der Waals surface area contributed by atoms with Crippen molar-refractivity contribution in [1.82, 2.24) is 9.97 Å². The Kier molecular flexibility index (Phi) is 5.16. The zero-order valence-corrected chi connectivity index (χ0v) is 13.0. The molecule has 2 aromatic rings. The van der Waals surface area contributed by atoms with Crippen LogP contribution < -0.4 is 10.2 Å². The van der Waals surface area contributed by atoms with Gasteiger partial charge in [0.15, 0.2) is 5.82 Å². The average Bonchev–Trinajstić information content (AvgIpc) is 2.84. The summed E-state index contributed by atoms with van der Waals surface area (Å²) < 4.78 is 10.7. The highest BCUT2D eigenvalue weighted by Crippen LogP contribution is 2.18.